The maximum Gasteiger partial charge on any atom is 0.282 e. The lowest BCUT2D eigenvalue weighted by Gasteiger charge is -2.07. The highest BCUT2D eigenvalue weighted by atomic mass is 35.5. The molecule has 0 spiro atoms. The van der Waals surface area contributed by atoms with Crippen molar-refractivity contribution in [2.24, 2.45) is 4.99 Å². The molecule has 0 bridgehead atoms. The van der Waals surface area contributed by atoms with Crippen LogP contribution in [0.5, 0.6) is 0 Å². The van der Waals surface area contributed by atoms with Gasteiger partial charge in [0.2, 0.25) is 0 Å². The zero-order valence-corrected chi connectivity index (χ0v) is 15.3. The first kappa shape index (κ1) is 17.8. The third kappa shape index (κ3) is 3.51. The molecule has 0 unspecified atom stereocenters. The average Bonchev–Trinajstić information content (AvgIpc) is 2.94. The Morgan fingerprint density at radius 1 is 1.32 bits per heavy atom. The Kier molecular flexibility index (Phi) is 5.32. The van der Waals surface area contributed by atoms with Crippen LogP contribution in [-0.2, 0) is 11.3 Å². The molecule has 0 N–H and O–H groups in total. The van der Waals surface area contributed by atoms with E-state index in [0.29, 0.717) is 23.0 Å². The molecule has 3 rings (SSSR count). The highest BCUT2D eigenvalue weighted by molar-refractivity contribution is 7.16. The number of methoxy groups -OCH3 is 1. The van der Waals surface area contributed by atoms with Crippen LogP contribution in [-0.4, -0.2) is 24.2 Å². The van der Waals surface area contributed by atoms with Crippen LogP contribution in [0.15, 0.2) is 41.4 Å². The number of aryl methyl sites for hydroxylation is 1. The van der Waals surface area contributed by atoms with Crippen LogP contribution in [0.1, 0.15) is 15.9 Å². The van der Waals surface area contributed by atoms with Crippen molar-refractivity contribution in [2.75, 3.05) is 13.7 Å². The van der Waals surface area contributed by atoms with Gasteiger partial charge in [0.1, 0.15) is 5.82 Å². The van der Waals surface area contributed by atoms with Gasteiger partial charge in [-0.25, -0.2) is 4.39 Å². The Morgan fingerprint density at radius 2 is 2.08 bits per heavy atom. The quantitative estimate of drug-likeness (QED) is 0.683. The number of ether oxygens (including phenoxy) is 1. The summed E-state index contributed by atoms with van der Waals surface area (Å²) in [5.74, 6) is -1.19. The number of hydrogen-bond donors (Lipinski definition) is 0. The predicted octanol–water partition coefficient (Wildman–Crippen LogP) is 4.19. The number of benzene rings is 2. The molecule has 7 heteroatoms. The van der Waals surface area contributed by atoms with Gasteiger partial charge in [0.05, 0.1) is 22.4 Å². The minimum absolute atomic E-state index is 0.0481. The van der Waals surface area contributed by atoms with E-state index in [1.165, 1.54) is 29.5 Å². The van der Waals surface area contributed by atoms with E-state index in [0.717, 1.165) is 15.8 Å². The van der Waals surface area contributed by atoms with E-state index >= 15 is 0 Å². The molecular weight excluding hydrogens is 363 g/mol. The maximum absolute atomic E-state index is 13.8. The highest BCUT2D eigenvalue weighted by Gasteiger charge is 2.14. The Hall–Kier alpha value is -2.02. The maximum atomic E-state index is 13.8. The van der Waals surface area contributed by atoms with E-state index in [1.54, 1.807) is 13.2 Å². The molecule has 1 amide bonds. The van der Waals surface area contributed by atoms with Crippen molar-refractivity contribution < 1.29 is 13.9 Å². The predicted molar refractivity (Wildman–Crippen MR) is 97.7 cm³/mol. The van der Waals surface area contributed by atoms with Gasteiger partial charge < -0.3 is 9.30 Å². The fourth-order valence-corrected chi connectivity index (χ4v) is 3.84. The summed E-state index contributed by atoms with van der Waals surface area (Å²) in [5.41, 5.74) is 1.77. The van der Waals surface area contributed by atoms with Crippen LogP contribution in [0, 0.1) is 12.7 Å². The minimum Gasteiger partial charge on any atom is -0.383 e. The Balaban J connectivity index is 2.19. The van der Waals surface area contributed by atoms with E-state index in [9.17, 15) is 9.18 Å². The Morgan fingerprint density at radius 3 is 2.80 bits per heavy atom. The number of fused-ring (bicyclic) bond motifs is 1. The van der Waals surface area contributed by atoms with Crippen LogP contribution in [0.25, 0.3) is 10.2 Å². The molecule has 3 aromatic rings. The molecule has 0 radical (unpaired) electrons. The van der Waals surface area contributed by atoms with E-state index in [-0.39, 0.29) is 5.56 Å². The van der Waals surface area contributed by atoms with Crippen molar-refractivity contribution in [1.29, 1.82) is 0 Å². The number of hydrogen-bond acceptors (Lipinski definition) is 3. The molecule has 4 nitrogen and oxygen atoms in total. The van der Waals surface area contributed by atoms with Crippen molar-refractivity contribution in [2.45, 2.75) is 13.5 Å². The fourth-order valence-electron chi connectivity index (χ4n) is 2.57. The first-order valence-electron chi connectivity index (χ1n) is 7.64. The summed E-state index contributed by atoms with van der Waals surface area (Å²) in [4.78, 5) is 17.1. The van der Waals surface area contributed by atoms with Crippen molar-refractivity contribution >= 4 is 39.1 Å². The van der Waals surface area contributed by atoms with Crippen molar-refractivity contribution in [3.8, 4) is 0 Å². The van der Waals surface area contributed by atoms with Gasteiger partial charge in [-0.2, -0.15) is 4.99 Å². The molecule has 1 aromatic heterocycles. The number of carbonyl (C=O) groups excluding carboxylic acids is 1. The standard InChI is InChI=1S/C18H16ClFN2O2S/c1-11-13(19)7-8-15-16(11)22(9-10-24-2)18(25-15)21-17(23)12-5-3-4-6-14(12)20/h3-8H,9-10H2,1-2H3. The molecule has 130 valence electrons. The van der Waals surface area contributed by atoms with E-state index in [4.69, 9.17) is 16.3 Å². The minimum atomic E-state index is -0.612. The molecular formula is C18H16ClFN2O2S. The zero-order valence-electron chi connectivity index (χ0n) is 13.8. The number of halogens is 2. The molecule has 0 saturated heterocycles. The summed E-state index contributed by atoms with van der Waals surface area (Å²) >= 11 is 7.60. The summed E-state index contributed by atoms with van der Waals surface area (Å²) in [7, 11) is 1.61. The zero-order chi connectivity index (χ0) is 18.0. The highest BCUT2D eigenvalue weighted by Crippen LogP contribution is 2.27. The molecule has 2 aromatic carbocycles. The summed E-state index contributed by atoms with van der Waals surface area (Å²) in [6.45, 7) is 2.89. The monoisotopic (exact) mass is 378 g/mol. The molecule has 0 aliphatic rings. The summed E-state index contributed by atoms with van der Waals surface area (Å²) < 4.78 is 21.9. The van der Waals surface area contributed by atoms with Gasteiger partial charge in [0.25, 0.3) is 5.91 Å². The lowest BCUT2D eigenvalue weighted by Crippen LogP contribution is -2.20. The normalized spacial score (nSPS) is 12.1. The Bertz CT molecular complexity index is 1010. The topological polar surface area (TPSA) is 43.6 Å². The van der Waals surface area contributed by atoms with Gasteiger partial charge in [-0.3, -0.25) is 4.79 Å². The Labute approximate surface area is 153 Å². The van der Waals surface area contributed by atoms with E-state index in [1.807, 2.05) is 23.6 Å². The van der Waals surface area contributed by atoms with Gasteiger partial charge in [0.15, 0.2) is 4.80 Å². The third-order valence-corrected chi connectivity index (χ3v) is 5.30. The van der Waals surface area contributed by atoms with E-state index in [2.05, 4.69) is 4.99 Å². The SMILES string of the molecule is COCCn1c(=NC(=O)c2ccccc2F)sc2ccc(Cl)c(C)c21. The second kappa shape index (κ2) is 7.47. The third-order valence-electron chi connectivity index (χ3n) is 3.85. The fraction of sp³-hybridized carbons (Fsp3) is 0.222. The van der Waals surface area contributed by atoms with Gasteiger partial charge >= 0.3 is 0 Å². The molecule has 0 aliphatic heterocycles. The largest absolute Gasteiger partial charge is 0.383 e. The second-order valence-electron chi connectivity index (χ2n) is 5.45. The number of rotatable bonds is 4. The van der Waals surface area contributed by atoms with Crippen molar-refractivity contribution in [3.05, 3.63) is 63.2 Å². The number of carbonyl (C=O) groups is 1. The van der Waals surface area contributed by atoms with Crippen LogP contribution in [0.4, 0.5) is 4.39 Å². The van der Waals surface area contributed by atoms with Gasteiger partial charge in [0, 0.05) is 18.7 Å². The first-order chi connectivity index (χ1) is 12.0. The number of amides is 1. The van der Waals surface area contributed by atoms with Crippen LogP contribution >= 0.6 is 22.9 Å². The summed E-state index contributed by atoms with van der Waals surface area (Å²) in [6.07, 6.45) is 0. The second-order valence-corrected chi connectivity index (χ2v) is 6.86. The van der Waals surface area contributed by atoms with Crippen LogP contribution in [0.3, 0.4) is 0 Å². The molecule has 0 saturated carbocycles. The summed E-state index contributed by atoms with van der Waals surface area (Å²) in [5, 5.41) is 0.642. The molecule has 1 heterocycles. The number of aromatic nitrogens is 1. The lowest BCUT2D eigenvalue weighted by molar-refractivity contribution is 0.0993. The lowest BCUT2D eigenvalue weighted by atomic mass is 10.2. The van der Waals surface area contributed by atoms with Gasteiger partial charge in [-0.05, 0) is 36.8 Å². The molecule has 25 heavy (non-hydrogen) atoms. The van der Waals surface area contributed by atoms with Crippen molar-refractivity contribution in [1.82, 2.24) is 4.57 Å². The molecule has 0 atom stereocenters. The van der Waals surface area contributed by atoms with Crippen LogP contribution in [0.2, 0.25) is 5.02 Å². The smallest absolute Gasteiger partial charge is 0.282 e. The number of nitrogens with zero attached hydrogens (tertiary/aromatic N) is 2. The molecule has 0 fully saturated rings. The summed E-state index contributed by atoms with van der Waals surface area (Å²) in [6, 6.07) is 9.53. The van der Waals surface area contributed by atoms with Crippen molar-refractivity contribution in [3.63, 3.8) is 0 Å². The van der Waals surface area contributed by atoms with Gasteiger partial charge in [-0.1, -0.05) is 35.1 Å². The number of thiazole rings is 1. The average molecular weight is 379 g/mol. The van der Waals surface area contributed by atoms with Crippen LogP contribution < -0.4 is 4.80 Å². The van der Waals surface area contributed by atoms with Gasteiger partial charge in [-0.15, -0.1) is 0 Å². The first-order valence-corrected chi connectivity index (χ1v) is 8.83. The van der Waals surface area contributed by atoms with E-state index < -0.39 is 11.7 Å². The molecule has 0 aliphatic carbocycles.